The van der Waals surface area contributed by atoms with Gasteiger partial charge in [0.25, 0.3) is 5.91 Å². The van der Waals surface area contributed by atoms with Crippen LogP contribution < -0.4 is 11.1 Å². The third-order valence-corrected chi connectivity index (χ3v) is 2.92. The Morgan fingerprint density at radius 1 is 1.37 bits per heavy atom. The highest BCUT2D eigenvalue weighted by atomic mass is 35.5. The Balaban J connectivity index is 1.93. The van der Waals surface area contributed by atoms with E-state index in [0.717, 1.165) is 12.0 Å². The lowest BCUT2D eigenvalue weighted by molar-refractivity contribution is 0.0955. The number of pyridine rings is 1. The smallest absolute Gasteiger partial charge is 0.253 e. The summed E-state index contributed by atoms with van der Waals surface area (Å²) in [7, 11) is 0. The van der Waals surface area contributed by atoms with Crippen molar-refractivity contribution >= 4 is 23.2 Å². The number of aromatic nitrogens is 1. The lowest BCUT2D eigenvalue weighted by Crippen LogP contribution is -2.26. The minimum atomic E-state index is -0.219. The predicted molar refractivity (Wildman–Crippen MR) is 76.1 cm³/mol. The van der Waals surface area contributed by atoms with Crippen molar-refractivity contribution < 1.29 is 4.79 Å². The van der Waals surface area contributed by atoms with Crippen LogP contribution >= 0.6 is 11.6 Å². The van der Waals surface area contributed by atoms with Crippen molar-refractivity contribution in [2.24, 2.45) is 0 Å². The van der Waals surface area contributed by atoms with E-state index in [0.29, 0.717) is 22.8 Å². The van der Waals surface area contributed by atoms with E-state index < -0.39 is 0 Å². The quantitative estimate of drug-likeness (QED) is 0.841. The molecular formula is C14H14ClN3O. The van der Waals surface area contributed by atoms with Gasteiger partial charge in [-0.05, 0) is 36.2 Å². The number of nitrogens with zero attached hydrogens (tertiary/aromatic N) is 1. The van der Waals surface area contributed by atoms with Gasteiger partial charge in [0.2, 0.25) is 0 Å². The molecule has 1 aromatic carbocycles. The molecule has 0 aliphatic rings. The summed E-state index contributed by atoms with van der Waals surface area (Å²) in [6.07, 6.45) is 4.22. The molecule has 3 N–H and O–H groups in total. The van der Waals surface area contributed by atoms with Crippen LogP contribution in [0.2, 0.25) is 5.02 Å². The van der Waals surface area contributed by atoms with E-state index >= 15 is 0 Å². The number of carbonyl (C=O) groups is 1. The maximum Gasteiger partial charge on any atom is 0.253 e. The zero-order valence-corrected chi connectivity index (χ0v) is 11.0. The number of nitrogens with two attached hydrogens (primary N) is 1. The lowest BCUT2D eigenvalue weighted by atomic mass is 10.1. The van der Waals surface area contributed by atoms with Crippen LogP contribution in [0.15, 0.2) is 42.7 Å². The molecule has 4 nitrogen and oxygen atoms in total. The molecule has 0 aliphatic heterocycles. The molecule has 0 unspecified atom stereocenters. The number of anilines is 1. The molecule has 0 saturated carbocycles. The van der Waals surface area contributed by atoms with Crippen molar-refractivity contribution in [3.8, 4) is 0 Å². The fourth-order valence-corrected chi connectivity index (χ4v) is 1.86. The van der Waals surface area contributed by atoms with E-state index in [9.17, 15) is 4.79 Å². The fraction of sp³-hybridized carbons (Fsp3) is 0.143. The third kappa shape index (κ3) is 3.69. The normalized spacial score (nSPS) is 10.2. The Hall–Kier alpha value is -2.07. The van der Waals surface area contributed by atoms with Gasteiger partial charge in [-0.25, -0.2) is 0 Å². The van der Waals surface area contributed by atoms with Crippen LogP contribution in [0.1, 0.15) is 15.9 Å². The number of hydrogen-bond donors (Lipinski definition) is 2. The predicted octanol–water partition coefficient (Wildman–Crippen LogP) is 2.29. The van der Waals surface area contributed by atoms with E-state index in [2.05, 4.69) is 10.3 Å². The van der Waals surface area contributed by atoms with Crippen LogP contribution in [-0.4, -0.2) is 17.4 Å². The third-order valence-electron chi connectivity index (χ3n) is 2.68. The SMILES string of the molecule is Nc1ccc(Cl)cc1C(=O)NCCc1cccnc1. The summed E-state index contributed by atoms with van der Waals surface area (Å²) in [4.78, 5) is 16.0. The number of nitrogen functional groups attached to an aromatic ring is 1. The summed E-state index contributed by atoms with van der Waals surface area (Å²) in [5, 5.41) is 3.30. The molecule has 0 atom stereocenters. The molecule has 1 amide bonds. The van der Waals surface area contributed by atoms with E-state index in [1.807, 2.05) is 12.1 Å². The van der Waals surface area contributed by atoms with Crippen molar-refractivity contribution in [2.75, 3.05) is 12.3 Å². The maximum absolute atomic E-state index is 11.9. The minimum absolute atomic E-state index is 0.219. The van der Waals surface area contributed by atoms with Crippen molar-refractivity contribution in [1.29, 1.82) is 0 Å². The molecule has 1 aromatic heterocycles. The number of halogens is 1. The second-order valence-electron chi connectivity index (χ2n) is 4.10. The van der Waals surface area contributed by atoms with E-state index in [4.69, 9.17) is 17.3 Å². The van der Waals surface area contributed by atoms with Gasteiger partial charge in [-0.3, -0.25) is 9.78 Å². The molecular weight excluding hydrogens is 262 g/mol. The van der Waals surface area contributed by atoms with Gasteiger partial charge in [0.15, 0.2) is 0 Å². The number of benzene rings is 1. The Bertz CT molecular complexity index is 572. The van der Waals surface area contributed by atoms with Gasteiger partial charge in [-0.2, -0.15) is 0 Å². The molecule has 0 bridgehead atoms. The van der Waals surface area contributed by atoms with Crippen LogP contribution in [0.3, 0.4) is 0 Å². The molecule has 98 valence electrons. The van der Waals surface area contributed by atoms with Gasteiger partial charge in [-0.1, -0.05) is 17.7 Å². The average Bonchev–Trinajstić information content (AvgIpc) is 2.42. The van der Waals surface area contributed by atoms with Crippen molar-refractivity contribution in [3.63, 3.8) is 0 Å². The molecule has 19 heavy (non-hydrogen) atoms. The van der Waals surface area contributed by atoms with Crippen LogP contribution in [0.25, 0.3) is 0 Å². The maximum atomic E-state index is 11.9. The van der Waals surface area contributed by atoms with Crippen molar-refractivity contribution in [2.45, 2.75) is 6.42 Å². The van der Waals surface area contributed by atoms with Gasteiger partial charge in [0.05, 0.1) is 5.56 Å². The van der Waals surface area contributed by atoms with E-state index in [1.54, 1.807) is 30.6 Å². The molecule has 5 heteroatoms. The number of carbonyl (C=O) groups excluding carboxylic acids is 1. The zero-order chi connectivity index (χ0) is 13.7. The summed E-state index contributed by atoms with van der Waals surface area (Å²) in [6, 6.07) is 8.68. The highest BCUT2D eigenvalue weighted by Crippen LogP contribution is 2.17. The second kappa shape index (κ2) is 6.20. The topological polar surface area (TPSA) is 68.0 Å². The summed E-state index contributed by atoms with van der Waals surface area (Å²) in [5.41, 5.74) is 7.64. The number of amides is 1. The first-order chi connectivity index (χ1) is 9.16. The molecule has 2 aromatic rings. The van der Waals surface area contributed by atoms with E-state index in [1.165, 1.54) is 0 Å². The molecule has 0 radical (unpaired) electrons. The van der Waals surface area contributed by atoms with Crippen LogP contribution in [0.5, 0.6) is 0 Å². The van der Waals surface area contributed by atoms with Gasteiger partial charge in [0, 0.05) is 29.6 Å². The first kappa shape index (κ1) is 13.4. The monoisotopic (exact) mass is 275 g/mol. The average molecular weight is 276 g/mol. The second-order valence-corrected chi connectivity index (χ2v) is 4.54. The first-order valence-corrected chi connectivity index (χ1v) is 6.27. The Morgan fingerprint density at radius 2 is 2.21 bits per heavy atom. The van der Waals surface area contributed by atoms with Gasteiger partial charge in [-0.15, -0.1) is 0 Å². The highest BCUT2D eigenvalue weighted by Gasteiger charge is 2.09. The summed E-state index contributed by atoms with van der Waals surface area (Å²) in [5.74, 6) is -0.219. The molecule has 1 heterocycles. The largest absolute Gasteiger partial charge is 0.398 e. The van der Waals surface area contributed by atoms with Crippen LogP contribution in [0.4, 0.5) is 5.69 Å². The molecule has 0 fully saturated rings. The first-order valence-electron chi connectivity index (χ1n) is 5.89. The molecule has 2 rings (SSSR count). The Labute approximate surface area is 116 Å². The number of hydrogen-bond acceptors (Lipinski definition) is 3. The van der Waals surface area contributed by atoms with Gasteiger partial charge >= 0.3 is 0 Å². The fourth-order valence-electron chi connectivity index (χ4n) is 1.69. The Morgan fingerprint density at radius 3 is 2.95 bits per heavy atom. The van der Waals surface area contributed by atoms with Crippen molar-refractivity contribution in [1.82, 2.24) is 10.3 Å². The molecule has 0 aliphatic carbocycles. The summed E-state index contributed by atoms with van der Waals surface area (Å²) in [6.45, 7) is 0.524. The zero-order valence-electron chi connectivity index (χ0n) is 10.3. The Kier molecular flexibility index (Phi) is 4.36. The van der Waals surface area contributed by atoms with Crippen molar-refractivity contribution in [3.05, 3.63) is 58.9 Å². The molecule has 0 spiro atoms. The van der Waals surface area contributed by atoms with Crippen LogP contribution in [-0.2, 0) is 6.42 Å². The van der Waals surface area contributed by atoms with Gasteiger partial charge < -0.3 is 11.1 Å². The number of rotatable bonds is 4. The molecule has 0 saturated heterocycles. The standard InChI is InChI=1S/C14H14ClN3O/c15-11-3-4-13(16)12(8-11)14(19)18-7-5-10-2-1-6-17-9-10/h1-4,6,8-9H,5,7,16H2,(H,18,19). The summed E-state index contributed by atoms with van der Waals surface area (Å²) < 4.78 is 0. The highest BCUT2D eigenvalue weighted by molar-refractivity contribution is 6.31. The van der Waals surface area contributed by atoms with E-state index in [-0.39, 0.29) is 5.91 Å². The van der Waals surface area contributed by atoms with Gasteiger partial charge in [0.1, 0.15) is 0 Å². The number of nitrogens with one attached hydrogen (secondary N) is 1. The minimum Gasteiger partial charge on any atom is -0.398 e. The van der Waals surface area contributed by atoms with Crippen LogP contribution in [0, 0.1) is 0 Å². The lowest BCUT2D eigenvalue weighted by Gasteiger charge is -2.07. The summed E-state index contributed by atoms with van der Waals surface area (Å²) >= 11 is 5.85.